The lowest BCUT2D eigenvalue weighted by Gasteiger charge is -2.28. The molecule has 1 atom stereocenters. The topological polar surface area (TPSA) is 21.3 Å². The van der Waals surface area contributed by atoms with Crippen molar-refractivity contribution in [2.75, 3.05) is 19.9 Å². The maximum Gasteiger partial charge on any atom is 0.122 e. The molecular formula is C15H23NOS. The number of benzene rings is 1. The molecule has 1 aromatic carbocycles. The Morgan fingerprint density at radius 2 is 2.22 bits per heavy atom. The fourth-order valence-electron chi connectivity index (χ4n) is 2.79. The fourth-order valence-corrected chi connectivity index (χ4v) is 3.56. The Balaban J connectivity index is 2.51. The number of thioether (sulfide) groups is 1. The van der Waals surface area contributed by atoms with Crippen molar-refractivity contribution in [1.29, 1.82) is 0 Å². The van der Waals surface area contributed by atoms with Crippen molar-refractivity contribution in [3.8, 4) is 5.75 Å². The van der Waals surface area contributed by atoms with Crippen molar-refractivity contribution in [3.05, 3.63) is 23.3 Å². The molecule has 0 spiro atoms. The van der Waals surface area contributed by atoms with E-state index >= 15 is 0 Å². The molecule has 0 aliphatic carbocycles. The van der Waals surface area contributed by atoms with E-state index in [4.69, 9.17) is 4.74 Å². The lowest BCUT2D eigenvalue weighted by Crippen LogP contribution is -2.33. The van der Waals surface area contributed by atoms with E-state index in [-0.39, 0.29) is 5.54 Å². The highest BCUT2D eigenvalue weighted by atomic mass is 32.2. The van der Waals surface area contributed by atoms with Crippen LogP contribution in [0.3, 0.4) is 0 Å². The highest BCUT2D eigenvalue weighted by Gasteiger charge is 2.32. The molecule has 100 valence electrons. The van der Waals surface area contributed by atoms with Crippen molar-refractivity contribution in [2.24, 2.45) is 0 Å². The second-order valence-electron chi connectivity index (χ2n) is 5.08. The van der Waals surface area contributed by atoms with Gasteiger partial charge in [-0.3, -0.25) is 0 Å². The van der Waals surface area contributed by atoms with Crippen LogP contribution in [0.15, 0.2) is 17.0 Å². The Morgan fingerprint density at radius 1 is 1.44 bits per heavy atom. The summed E-state index contributed by atoms with van der Waals surface area (Å²) in [6.45, 7) is 5.60. The van der Waals surface area contributed by atoms with Crippen LogP contribution in [0.1, 0.15) is 37.8 Å². The number of methoxy groups -OCH3 is 1. The van der Waals surface area contributed by atoms with Gasteiger partial charge in [-0.05, 0) is 62.2 Å². The van der Waals surface area contributed by atoms with E-state index < -0.39 is 0 Å². The zero-order valence-corrected chi connectivity index (χ0v) is 12.6. The number of aryl methyl sites for hydroxylation is 1. The average Bonchev–Trinajstić information content (AvgIpc) is 2.85. The van der Waals surface area contributed by atoms with Crippen molar-refractivity contribution in [3.63, 3.8) is 0 Å². The molecule has 3 heteroatoms. The minimum atomic E-state index is 0.109. The molecule has 1 heterocycles. The molecule has 0 radical (unpaired) electrons. The van der Waals surface area contributed by atoms with Gasteiger partial charge < -0.3 is 10.1 Å². The molecule has 1 aliphatic rings. The highest BCUT2D eigenvalue weighted by molar-refractivity contribution is 7.98. The van der Waals surface area contributed by atoms with Crippen LogP contribution in [-0.4, -0.2) is 19.9 Å². The quantitative estimate of drug-likeness (QED) is 0.841. The maximum absolute atomic E-state index is 5.54. The number of ether oxygens (including phenoxy) is 1. The van der Waals surface area contributed by atoms with Crippen LogP contribution in [0.5, 0.6) is 5.75 Å². The summed E-state index contributed by atoms with van der Waals surface area (Å²) >= 11 is 1.83. The van der Waals surface area contributed by atoms with Crippen LogP contribution in [0.2, 0.25) is 0 Å². The van der Waals surface area contributed by atoms with Crippen molar-refractivity contribution < 1.29 is 4.74 Å². The Labute approximate surface area is 114 Å². The Kier molecular flexibility index (Phi) is 4.23. The van der Waals surface area contributed by atoms with Crippen LogP contribution in [0.4, 0.5) is 0 Å². The van der Waals surface area contributed by atoms with Gasteiger partial charge in [0, 0.05) is 10.4 Å². The fraction of sp³-hybridized carbons (Fsp3) is 0.600. The molecule has 0 aromatic heterocycles. The van der Waals surface area contributed by atoms with E-state index in [1.165, 1.54) is 28.9 Å². The van der Waals surface area contributed by atoms with Gasteiger partial charge in [-0.25, -0.2) is 0 Å². The molecule has 0 bridgehead atoms. The van der Waals surface area contributed by atoms with Gasteiger partial charge >= 0.3 is 0 Å². The largest absolute Gasteiger partial charge is 0.496 e. The van der Waals surface area contributed by atoms with Gasteiger partial charge in [-0.1, -0.05) is 6.92 Å². The molecule has 1 aromatic rings. The van der Waals surface area contributed by atoms with E-state index in [0.29, 0.717) is 0 Å². The van der Waals surface area contributed by atoms with Gasteiger partial charge in [0.1, 0.15) is 5.75 Å². The van der Waals surface area contributed by atoms with Crippen LogP contribution >= 0.6 is 11.8 Å². The molecule has 1 fully saturated rings. The minimum Gasteiger partial charge on any atom is -0.496 e. The second kappa shape index (κ2) is 5.54. The van der Waals surface area contributed by atoms with E-state index in [2.05, 4.69) is 37.6 Å². The third-order valence-electron chi connectivity index (χ3n) is 3.95. The Morgan fingerprint density at radius 3 is 2.72 bits per heavy atom. The first-order chi connectivity index (χ1) is 8.64. The van der Waals surface area contributed by atoms with Crippen molar-refractivity contribution >= 4 is 11.8 Å². The Bertz CT molecular complexity index is 425. The maximum atomic E-state index is 5.54. The second-order valence-corrected chi connectivity index (χ2v) is 5.93. The molecule has 1 unspecified atom stereocenters. The third-order valence-corrected chi connectivity index (χ3v) is 4.72. The molecule has 2 nitrogen and oxygen atoms in total. The summed E-state index contributed by atoms with van der Waals surface area (Å²) in [6, 6.07) is 4.53. The lowest BCUT2D eigenvalue weighted by atomic mass is 9.89. The zero-order chi connectivity index (χ0) is 13.2. The summed E-state index contributed by atoms with van der Waals surface area (Å²) in [5.74, 6) is 1.03. The van der Waals surface area contributed by atoms with Gasteiger partial charge in [0.25, 0.3) is 0 Å². The van der Waals surface area contributed by atoms with E-state index in [9.17, 15) is 0 Å². The normalized spacial score (nSPS) is 23.3. The first-order valence-corrected chi connectivity index (χ1v) is 7.87. The predicted molar refractivity (Wildman–Crippen MR) is 78.7 cm³/mol. The summed E-state index contributed by atoms with van der Waals surface area (Å²) < 4.78 is 5.54. The molecular weight excluding hydrogens is 242 g/mol. The van der Waals surface area contributed by atoms with Crippen LogP contribution in [-0.2, 0) is 12.0 Å². The lowest BCUT2D eigenvalue weighted by molar-refractivity contribution is 0.396. The van der Waals surface area contributed by atoms with Crippen molar-refractivity contribution in [2.45, 2.75) is 43.5 Å². The Hall–Kier alpha value is -0.670. The van der Waals surface area contributed by atoms with Crippen molar-refractivity contribution in [1.82, 2.24) is 5.32 Å². The first-order valence-electron chi connectivity index (χ1n) is 6.65. The minimum absolute atomic E-state index is 0.109. The number of rotatable bonds is 4. The highest BCUT2D eigenvalue weighted by Crippen LogP contribution is 2.39. The molecule has 0 amide bonds. The van der Waals surface area contributed by atoms with Gasteiger partial charge in [-0.2, -0.15) is 0 Å². The summed E-state index contributed by atoms with van der Waals surface area (Å²) in [5, 5.41) is 3.64. The standard InChI is InChI=1S/C15H23NOS/c1-5-11-9-14(18-4)12(10-13(11)17-3)15(2)7-6-8-16-15/h9-10,16H,5-8H2,1-4H3. The number of hydrogen-bond acceptors (Lipinski definition) is 3. The number of nitrogens with one attached hydrogen (secondary N) is 1. The predicted octanol–water partition coefficient (Wildman–Crippen LogP) is 3.58. The molecule has 2 rings (SSSR count). The first kappa shape index (κ1) is 13.8. The molecule has 0 saturated carbocycles. The molecule has 18 heavy (non-hydrogen) atoms. The zero-order valence-electron chi connectivity index (χ0n) is 11.8. The van der Waals surface area contributed by atoms with Crippen LogP contribution in [0.25, 0.3) is 0 Å². The van der Waals surface area contributed by atoms with E-state index in [1.807, 2.05) is 11.8 Å². The van der Waals surface area contributed by atoms with E-state index in [1.54, 1.807) is 7.11 Å². The monoisotopic (exact) mass is 265 g/mol. The molecule has 1 aliphatic heterocycles. The van der Waals surface area contributed by atoms with Crippen LogP contribution < -0.4 is 10.1 Å². The van der Waals surface area contributed by atoms with E-state index in [0.717, 1.165) is 18.7 Å². The van der Waals surface area contributed by atoms with Crippen LogP contribution in [0, 0.1) is 0 Å². The summed E-state index contributed by atoms with van der Waals surface area (Å²) in [7, 11) is 1.77. The summed E-state index contributed by atoms with van der Waals surface area (Å²) in [4.78, 5) is 1.38. The summed E-state index contributed by atoms with van der Waals surface area (Å²) in [5.41, 5.74) is 2.80. The van der Waals surface area contributed by atoms with Gasteiger partial charge in [0.05, 0.1) is 7.11 Å². The average molecular weight is 265 g/mol. The molecule has 1 saturated heterocycles. The van der Waals surface area contributed by atoms with Gasteiger partial charge in [0.15, 0.2) is 0 Å². The van der Waals surface area contributed by atoms with Gasteiger partial charge in [0.2, 0.25) is 0 Å². The smallest absolute Gasteiger partial charge is 0.122 e. The molecule has 1 N–H and O–H groups in total. The SMILES string of the molecule is CCc1cc(SC)c(C2(C)CCCN2)cc1OC. The third kappa shape index (κ3) is 2.39. The van der Waals surface area contributed by atoms with Gasteiger partial charge in [-0.15, -0.1) is 11.8 Å². The summed E-state index contributed by atoms with van der Waals surface area (Å²) in [6.07, 6.45) is 5.63. The number of hydrogen-bond donors (Lipinski definition) is 1.